The van der Waals surface area contributed by atoms with Crippen LogP contribution in [0.15, 0.2) is 36.4 Å². The second-order valence-electron chi connectivity index (χ2n) is 5.75. The first-order valence-corrected chi connectivity index (χ1v) is 7.66. The first-order chi connectivity index (χ1) is 10.5. The number of aryl methyl sites for hydroxylation is 1. The predicted octanol–water partition coefficient (Wildman–Crippen LogP) is 2.65. The van der Waals surface area contributed by atoms with Gasteiger partial charge >= 0.3 is 0 Å². The lowest BCUT2D eigenvalue weighted by atomic mass is 10.2. The molecule has 0 saturated carbocycles. The zero-order valence-electron chi connectivity index (χ0n) is 13.5. The van der Waals surface area contributed by atoms with Crippen molar-refractivity contribution in [1.82, 2.24) is 9.88 Å². The highest BCUT2D eigenvalue weighted by atomic mass is 16.3. The van der Waals surface area contributed by atoms with E-state index in [0.29, 0.717) is 18.5 Å². The number of rotatable bonds is 6. The Morgan fingerprint density at radius 1 is 1.27 bits per heavy atom. The van der Waals surface area contributed by atoms with Gasteiger partial charge in [-0.15, -0.1) is 0 Å². The van der Waals surface area contributed by atoms with Gasteiger partial charge in [-0.2, -0.15) is 0 Å². The van der Waals surface area contributed by atoms with Crippen LogP contribution in [0.3, 0.4) is 0 Å². The number of amides is 1. The van der Waals surface area contributed by atoms with Crippen molar-refractivity contribution in [3.63, 3.8) is 0 Å². The molecule has 118 valence electrons. The van der Waals surface area contributed by atoms with Gasteiger partial charge in [-0.1, -0.05) is 30.3 Å². The van der Waals surface area contributed by atoms with E-state index in [1.165, 1.54) is 5.56 Å². The molecule has 1 unspecified atom stereocenters. The van der Waals surface area contributed by atoms with Gasteiger partial charge in [0, 0.05) is 24.5 Å². The third-order valence-electron chi connectivity index (χ3n) is 3.85. The van der Waals surface area contributed by atoms with E-state index in [2.05, 4.69) is 22.0 Å². The molecule has 4 heteroatoms. The van der Waals surface area contributed by atoms with E-state index in [1.807, 2.05) is 38.1 Å². The number of carbonyl (C=O) groups excluding carboxylic acids is 1. The van der Waals surface area contributed by atoms with Gasteiger partial charge in [0.25, 0.3) is 5.91 Å². The highest BCUT2D eigenvalue weighted by Gasteiger charge is 2.15. The fraction of sp³-hybridized carbons (Fsp3) is 0.389. The molecule has 1 aromatic heterocycles. The molecule has 0 radical (unpaired) electrons. The van der Waals surface area contributed by atoms with Crippen molar-refractivity contribution in [3.05, 3.63) is 58.9 Å². The normalized spacial score (nSPS) is 12.2. The minimum Gasteiger partial charge on any atom is -0.393 e. The SMILES string of the molecule is Cc1cc(C(=O)NCCC(C)O)c(C)n1Cc1ccccc1. The van der Waals surface area contributed by atoms with E-state index in [9.17, 15) is 9.90 Å². The van der Waals surface area contributed by atoms with Crippen LogP contribution in [0.1, 0.15) is 40.7 Å². The van der Waals surface area contributed by atoms with Gasteiger partial charge in [-0.3, -0.25) is 4.79 Å². The second kappa shape index (κ2) is 7.27. The number of benzene rings is 1. The maximum absolute atomic E-state index is 12.3. The molecule has 0 aliphatic rings. The quantitative estimate of drug-likeness (QED) is 0.861. The van der Waals surface area contributed by atoms with Gasteiger partial charge < -0.3 is 15.0 Å². The summed E-state index contributed by atoms with van der Waals surface area (Å²) in [4.78, 5) is 12.3. The molecule has 1 aromatic carbocycles. The van der Waals surface area contributed by atoms with Crippen molar-refractivity contribution in [2.24, 2.45) is 0 Å². The molecule has 1 amide bonds. The van der Waals surface area contributed by atoms with Crippen LogP contribution in [0.5, 0.6) is 0 Å². The van der Waals surface area contributed by atoms with E-state index < -0.39 is 6.10 Å². The smallest absolute Gasteiger partial charge is 0.253 e. The van der Waals surface area contributed by atoms with E-state index in [0.717, 1.165) is 17.9 Å². The van der Waals surface area contributed by atoms with E-state index >= 15 is 0 Å². The lowest BCUT2D eigenvalue weighted by Crippen LogP contribution is -2.26. The predicted molar refractivity (Wildman–Crippen MR) is 88.1 cm³/mol. The van der Waals surface area contributed by atoms with Crippen LogP contribution in [0.25, 0.3) is 0 Å². The number of aromatic nitrogens is 1. The van der Waals surface area contributed by atoms with Gasteiger partial charge in [0.15, 0.2) is 0 Å². The molecule has 2 N–H and O–H groups in total. The van der Waals surface area contributed by atoms with Crippen LogP contribution in [-0.4, -0.2) is 28.2 Å². The largest absolute Gasteiger partial charge is 0.393 e. The summed E-state index contributed by atoms with van der Waals surface area (Å²) >= 11 is 0. The average molecular weight is 300 g/mol. The molecule has 0 aliphatic heterocycles. The van der Waals surface area contributed by atoms with Crippen LogP contribution in [0.2, 0.25) is 0 Å². The molecule has 0 bridgehead atoms. The maximum Gasteiger partial charge on any atom is 0.253 e. The molecular weight excluding hydrogens is 276 g/mol. The Morgan fingerprint density at radius 2 is 1.95 bits per heavy atom. The zero-order chi connectivity index (χ0) is 16.1. The first kappa shape index (κ1) is 16.3. The summed E-state index contributed by atoms with van der Waals surface area (Å²) in [6, 6.07) is 12.1. The van der Waals surface area contributed by atoms with Gasteiger partial charge in [0.05, 0.1) is 11.7 Å². The van der Waals surface area contributed by atoms with E-state index in [4.69, 9.17) is 0 Å². The molecule has 2 rings (SSSR count). The molecule has 0 aliphatic carbocycles. The number of nitrogens with zero attached hydrogens (tertiary/aromatic N) is 1. The molecule has 22 heavy (non-hydrogen) atoms. The molecule has 0 saturated heterocycles. The number of aliphatic hydroxyl groups is 1. The van der Waals surface area contributed by atoms with Gasteiger partial charge in [-0.05, 0) is 38.8 Å². The molecule has 2 aromatic rings. The van der Waals surface area contributed by atoms with Gasteiger partial charge in [0.2, 0.25) is 0 Å². The van der Waals surface area contributed by atoms with Crippen LogP contribution < -0.4 is 5.32 Å². The lowest BCUT2D eigenvalue weighted by Gasteiger charge is -2.10. The Bertz CT molecular complexity index is 630. The minimum absolute atomic E-state index is 0.0759. The fourth-order valence-electron chi connectivity index (χ4n) is 2.53. The van der Waals surface area contributed by atoms with Gasteiger partial charge in [0.1, 0.15) is 0 Å². The highest BCUT2D eigenvalue weighted by Crippen LogP contribution is 2.17. The minimum atomic E-state index is -0.397. The zero-order valence-corrected chi connectivity index (χ0v) is 13.5. The molecular formula is C18H24N2O2. The number of hydrogen-bond donors (Lipinski definition) is 2. The molecule has 1 heterocycles. The van der Waals surface area contributed by atoms with Crippen molar-refractivity contribution in [2.75, 3.05) is 6.54 Å². The highest BCUT2D eigenvalue weighted by molar-refractivity contribution is 5.95. The topological polar surface area (TPSA) is 54.3 Å². The molecule has 1 atom stereocenters. The third-order valence-corrected chi connectivity index (χ3v) is 3.85. The Labute approximate surface area is 131 Å². The van der Waals surface area contributed by atoms with Crippen molar-refractivity contribution in [1.29, 1.82) is 0 Å². The Morgan fingerprint density at radius 3 is 2.59 bits per heavy atom. The monoisotopic (exact) mass is 300 g/mol. The number of hydrogen-bond acceptors (Lipinski definition) is 2. The number of aliphatic hydroxyl groups excluding tert-OH is 1. The summed E-state index contributed by atoms with van der Waals surface area (Å²) in [5.41, 5.74) is 3.96. The fourth-order valence-corrected chi connectivity index (χ4v) is 2.53. The standard InChI is InChI=1S/C18H24N2O2/c1-13-11-17(18(22)19-10-9-14(2)21)15(3)20(13)12-16-7-5-4-6-8-16/h4-8,11,14,21H,9-10,12H2,1-3H3,(H,19,22). The Kier molecular flexibility index (Phi) is 5.39. The molecule has 4 nitrogen and oxygen atoms in total. The Balaban J connectivity index is 2.11. The first-order valence-electron chi connectivity index (χ1n) is 7.66. The summed E-state index contributed by atoms with van der Waals surface area (Å²) in [7, 11) is 0. The average Bonchev–Trinajstić information content (AvgIpc) is 2.76. The molecule has 0 spiro atoms. The van der Waals surface area contributed by atoms with Crippen molar-refractivity contribution >= 4 is 5.91 Å². The second-order valence-corrected chi connectivity index (χ2v) is 5.75. The van der Waals surface area contributed by atoms with Gasteiger partial charge in [-0.25, -0.2) is 0 Å². The van der Waals surface area contributed by atoms with Crippen molar-refractivity contribution in [3.8, 4) is 0 Å². The lowest BCUT2D eigenvalue weighted by molar-refractivity contribution is 0.0945. The Hall–Kier alpha value is -2.07. The van der Waals surface area contributed by atoms with E-state index in [-0.39, 0.29) is 5.91 Å². The number of carbonyl (C=O) groups is 1. The maximum atomic E-state index is 12.3. The van der Waals surface area contributed by atoms with Crippen LogP contribution in [-0.2, 0) is 6.54 Å². The van der Waals surface area contributed by atoms with E-state index in [1.54, 1.807) is 6.92 Å². The summed E-state index contributed by atoms with van der Waals surface area (Å²) in [6.45, 7) is 6.96. The van der Waals surface area contributed by atoms with Crippen molar-refractivity contribution in [2.45, 2.75) is 39.8 Å². The van der Waals surface area contributed by atoms with Crippen LogP contribution >= 0.6 is 0 Å². The summed E-state index contributed by atoms with van der Waals surface area (Å²) in [6.07, 6.45) is 0.167. The summed E-state index contributed by atoms with van der Waals surface area (Å²) < 4.78 is 2.15. The summed E-state index contributed by atoms with van der Waals surface area (Å²) in [5.74, 6) is -0.0759. The third kappa shape index (κ3) is 3.98. The molecule has 0 fully saturated rings. The van der Waals surface area contributed by atoms with Crippen LogP contribution in [0.4, 0.5) is 0 Å². The summed E-state index contributed by atoms with van der Waals surface area (Å²) in [5, 5.41) is 12.1. The van der Waals surface area contributed by atoms with Crippen LogP contribution in [0, 0.1) is 13.8 Å². The number of nitrogens with one attached hydrogen (secondary N) is 1. The van der Waals surface area contributed by atoms with Crippen molar-refractivity contribution < 1.29 is 9.90 Å².